The molecule has 5 heteroatoms. The van der Waals surface area contributed by atoms with Gasteiger partial charge in [-0.25, -0.2) is 0 Å². The van der Waals surface area contributed by atoms with Gasteiger partial charge in [0.15, 0.2) is 0 Å². The Morgan fingerprint density at radius 1 is 1.12 bits per heavy atom. The standard InChI is InChI=1S/C11H15BrO4/c1-13-7-16-6-9-10(12)4-8(14-2)5-11(9)15-3/h4-5H,6-7H2,1-3H3. The number of halogens is 1. The van der Waals surface area contributed by atoms with Gasteiger partial charge < -0.3 is 18.9 Å². The first kappa shape index (κ1) is 13.3. The van der Waals surface area contributed by atoms with Crippen LogP contribution < -0.4 is 9.47 Å². The number of rotatable bonds is 6. The van der Waals surface area contributed by atoms with Gasteiger partial charge in [0.05, 0.1) is 20.8 Å². The summed E-state index contributed by atoms with van der Waals surface area (Å²) in [6.07, 6.45) is 0. The second-order valence-corrected chi connectivity index (χ2v) is 3.90. The summed E-state index contributed by atoms with van der Waals surface area (Å²) in [6.45, 7) is 0.670. The molecule has 0 heterocycles. The third-order valence-electron chi connectivity index (χ3n) is 2.03. The van der Waals surface area contributed by atoms with Crippen molar-refractivity contribution in [1.29, 1.82) is 0 Å². The summed E-state index contributed by atoms with van der Waals surface area (Å²) in [4.78, 5) is 0. The first-order valence-corrected chi connectivity index (χ1v) is 5.49. The van der Waals surface area contributed by atoms with Gasteiger partial charge >= 0.3 is 0 Å². The Balaban J connectivity index is 2.88. The number of benzene rings is 1. The van der Waals surface area contributed by atoms with Crippen molar-refractivity contribution in [3.63, 3.8) is 0 Å². The topological polar surface area (TPSA) is 36.9 Å². The SMILES string of the molecule is COCOCc1c(Br)cc(OC)cc1OC. The average Bonchev–Trinajstić information content (AvgIpc) is 2.30. The highest BCUT2D eigenvalue weighted by Gasteiger charge is 2.10. The van der Waals surface area contributed by atoms with Gasteiger partial charge in [0.25, 0.3) is 0 Å². The second kappa shape index (κ2) is 6.73. The monoisotopic (exact) mass is 290 g/mol. The van der Waals surface area contributed by atoms with Crippen molar-refractivity contribution in [1.82, 2.24) is 0 Å². The van der Waals surface area contributed by atoms with Crippen LogP contribution in [0, 0.1) is 0 Å². The molecule has 0 saturated heterocycles. The molecule has 0 spiro atoms. The van der Waals surface area contributed by atoms with Crippen molar-refractivity contribution in [2.24, 2.45) is 0 Å². The summed E-state index contributed by atoms with van der Waals surface area (Å²) in [5.74, 6) is 1.46. The van der Waals surface area contributed by atoms with Gasteiger partial charge in [-0.2, -0.15) is 0 Å². The Labute approximate surface area is 104 Å². The van der Waals surface area contributed by atoms with E-state index in [2.05, 4.69) is 15.9 Å². The van der Waals surface area contributed by atoms with Crippen LogP contribution in [0.4, 0.5) is 0 Å². The molecule has 1 rings (SSSR count). The maximum atomic E-state index is 5.29. The lowest BCUT2D eigenvalue weighted by molar-refractivity contribution is -0.0396. The molecule has 0 N–H and O–H groups in total. The zero-order valence-electron chi connectivity index (χ0n) is 9.58. The van der Waals surface area contributed by atoms with E-state index in [4.69, 9.17) is 18.9 Å². The Morgan fingerprint density at radius 2 is 1.88 bits per heavy atom. The van der Waals surface area contributed by atoms with Gasteiger partial charge in [0.1, 0.15) is 18.3 Å². The number of hydrogen-bond donors (Lipinski definition) is 0. The van der Waals surface area contributed by atoms with Crippen LogP contribution in [0.1, 0.15) is 5.56 Å². The van der Waals surface area contributed by atoms with Crippen LogP contribution in [0.3, 0.4) is 0 Å². The van der Waals surface area contributed by atoms with Gasteiger partial charge in [-0.15, -0.1) is 0 Å². The lowest BCUT2D eigenvalue weighted by Crippen LogP contribution is -2.01. The summed E-state index contributed by atoms with van der Waals surface area (Å²) >= 11 is 3.45. The van der Waals surface area contributed by atoms with Crippen LogP contribution in [0.15, 0.2) is 16.6 Å². The van der Waals surface area contributed by atoms with E-state index in [9.17, 15) is 0 Å². The van der Waals surface area contributed by atoms with Gasteiger partial charge in [0, 0.05) is 23.2 Å². The zero-order valence-corrected chi connectivity index (χ0v) is 11.2. The van der Waals surface area contributed by atoms with Crippen LogP contribution in [-0.4, -0.2) is 28.1 Å². The van der Waals surface area contributed by atoms with E-state index in [1.54, 1.807) is 21.3 Å². The summed E-state index contributed by atoms with van der Waals surface area (Å²) in [6, 6.07) is 3.68. The molecule has 0 unspecified atom stereocenters. The van der Waals surface area contributed by atoms with Gasteiger partial charge in [-0.3, -0.25) is 0 Å². The molecular weight excluding hydrogens is 276 g/mol. The largest absolute Gasteiger partial charge is 0.497 e. The molecule has 0 amide bonds. The van der Waals surface area contributed by atoms with Crippen molar-refractivity contribution in [2.45, 2.75) is 6.61 Å². The minimum absolute atomic E-state index is 0.252. The smallest absolute Gasteiger partial charge is 0.146 e. The molecule has 4 nitrogen and oxygen atoms in total. The number of ether oxygens (including phenoxy) is 4. The van der Waals surface area contributed by atoms with Crippen molar-refractivity contribution in [2.75, 3.05) is 28.1 Å². The molecular formula is C11H15BrO4. The maximum Gasteiger partial charge on any atom is 0.146 e. The van der Waals surface area contributed by atoms with Crippen LogP contribution in [0.25, 0.3) is 0 Å². The summed E-state index contributed by atoms with van der Waals surface area (Å²) in [7, 11) is 4.81. The lowest BCUT2D eigenvalue weighted by Gasteiger charge is -2.12. The fourth-order valence-electron chi connectivity index (χ4n) is 1.25. The molecule has 0 aromatic heterocycles. The second-order valence-electron chi connectivity index (χ2n) is 3.05. The predicted octanol–water partition coefficient (Wildman–Crippen LogP) is 2.59. The zero-order chi connectivity index (χ0) is 12.0. The number of hydrogen-bond acceptors (Lipinski definition) is 4. The Kier molecular flexibility index (Phi) is 5.59. The molecule has 0 aliphatic carbocycles. The van der Waals surface area contributed by atoms with Gasteiger partial charge in [-0.05, 0) is 6.07 Å². The first-order valence-electron chi connectivity index (χ1n) is 4.70. The van der Waals surface area contributed by atoms with E-state index in [0.29, 0.717) is 6.61 Å². The molecule has 0 saturated carbocycles. The highest BCUT2D eigenvalue weighted by Crippen LogP contribution is 2.32. The maximum absolute atomic E-state index is 5.29. The van der Waals surface area contributed by atoms with Crippen LogP contribution in [0.5, 0.6) is 11.5 Å². The van der Waals surface area contributed by atoms with Crippen molar-refractivity contribution in [3.05, 3.63) is 22.2 Å². The predicted molar refractivity (Wildman–Crippen MR) is 63.9 cm³/mol. The fraction of sp³-hybridized carbons (Fsp3) is 0.455. The highest BCUT2D eigenvalue weighted by molar-refractivity contribution is 9.10. The van der Waals surface area contributed by atoms with Gasteiger partial charge in [-0.1, -0.05) is 15.9 Å². The third kappa shape index (κ3) is 3.37. The van der Waals surface area contributed by atoms with Crippen LogP contribution in [-0.2, 0) is 16.1 Å². The van der Waals surface area contributed by atoms with Gasteiger partial charge in [0.2, 0.25) is 0 Å². The molecule has 0 fully saturated rings. The minimum Gasteiger partial charge on any atom is -0.497 e. The normalized spacial score (nSPS) is 10.2. The third-order valence-corrected chi connectivity index (χ3v) is 2.74. The Bertz CT molecular complexity index is 341. The molecule has 0 radical (unpaired) electrons. The minimum atomic E-state index is 0.252. The summed E-state index contributed by atoms with van der Waals surface area (Å²) in [5, 5.41) is 0. The molecule has 0 bridgehead atoms. The van der Waals surface area contributed by atoms with Crippen LogP contribution in [0.2, 0.25) is 0 Å². The molecule has 0 aliphatic rings. The lowest BCUT2D eigenvalue weighted by atomic mass is 10.2. The molecule has 16 heavy (non-hydrogen) atoms. The first-order chi connectivity index (χ1) is 7.72. The summed E-state index contributed by atoms with van der Waals surface area (Å²) < 4.78 is 21.4. The number of methoxy groups -OCH3 is 3. The Hall–Kier alpha value is -0.780. The van der Waals surface area contributed by atoms with Crippen LogP contribution >= 0.6 is 15.9 Å². The van der Waals surface area contributed by atoms with E-state index in [-0.39, 0.29) is 6.79 Å². The van der Waals surface area contributed by atoms with E-state index >= 15 is 0 Å². The van der Waals surface area contributed by atoms with Crippen molar-refractivity contribution >= 4 is 15.9 Å². The molecule has 0 aliphatic heterocycles. The molecule has 90 valence electrons. The van der Waals surface area contributed by atoms with Crippen molar-refractivity contribution < 1.29 is 18.9 Å². The van der Waals surface area contributed by atoms with E-state index in [1.165, 1.54) is 0 Å². The highest BCUT2D eigenvalue weighted by atomic mass is 79.9. The Morgan fingerprint density at radius 3 is 2.44 bits per heavy atom. The fourth-order valence-corrected chi connectivity index (χ4v) is 1.79. The summed E-state index contributed by atoms with van der Waals surface area (Å²) in [5.41, 5.74) is 0.931. The molecule has 0 atom stereocenters. The molecule has 1 aromatic rings. The van der Waals surface area contributed by atoms with E-state index in [0.717, 1.165) is 21.5 Å². The van der Waals surface area contributed by atoms with E-state index < -0.39 is 0 Å². The molecule has 1 aromatic carbocycles. The average molecular weight is 291 g/mol. The van der Waals surface area contributed by atoms with E-state index in [1.807, 2.05) is 12.1 Å². The van der Waals surface area contributed by atoms with Crippen molar-refractivity contribution in [3.8, 4) is 11.5 Å². The quantitative estimate of drug-likeness (QED) is 0.596.